The van der Waals surface area contributed by atoms with E-state index in [0.29, 0.717) is 18.1 Å². The number of benzene rings is 1. The number of aliphatic hydroxyl groups is 1. The number of aromatic nitrogens is 2. The molecule has 1 aromatic heterocycles. The average molecular weight is 400 g/mol. The van der Waals surface area contributed by atoms with Crippen molar-refractivity contribution in [1.82, 2.24) is 20.0 Å². The van der Waals surface area contributed by atoms with Crippen LogP contribution in [0.15, 0.2) is 18.3 Å². The first-order valence-corrected chi connectivity index (χ1v) is 10.1. The van der Waals surface area contributed by atoms with Crippen LogP contribution in [0.5, 0.6) is 0 Å². The van der Waals surface area contributed by atoms with Crippen molar-refractivity contribution in [3.63, 3.8) is 0 Å². The predicted molar refractivity (Wildman–Crippen MR) is 104 cm³/mol. The van der Waals surface area contributed by atoms with E-state index in [-0.39, 0.29) is 11.9 Å². The van der Waals surface area contributed by atoms with E-state index >= 15 is 0 Å². The maximum absolute atomic E-state index is 12.5. The second kappa shape index (κ2) is 5.85. The van der Waals surface area contributed by atoms with Crippen LogP contribution < -0.4 is 5.32 Å². The number of amides is 2. The lowest BCUT2D eigenvalue weighted by molar-refractivity contribution is -0.0117. The molecule has 3 aliphatic rings. The minimum absolute atomic E-state index is 0.161. The molecule has 2 aromatic rings. The highest BCUT2D eigenvalue weighted by atomic mass is 35.5. The Labute approximate surface area is 167 Å². The summed E-state index contributed by atoms with van der Waals surface area (Å²) in [6.45, 7) is 3.25. The van der Waals surface area contributed by atoms with Crippen LogP contribution >= 0.6 is 11.6 Å². The van der Waals surface area contributed by atoms with Gasteiger partial charge in [-0.2, -0.15) is 10.4 Å². The van der Waals surface area contributed by atoms with Crippen LogP contribution in [-0.4, -0.2) is 44.4 Å². The molecule has 1 saturated carbocycles. The molecular formula is C20H22ClN5O2. The molecule has 3 heterocycles. The van der Waals surface area contributed by atoms with Crippen molar-refractivity contribution in [1.29, 1.82) is 5.26 Å². The van der Waals surface area contributed by atoms with Crippen molar-refractivity contribution in [2.75, 3.05) is 13.1 Å². The van der Waals surface area contributed by atoms with Gasteiger partial charge in [0, 0.05) is 29.1 Å². The van der Waals surface area contributed by atoms with Gasteiger partial charge in [0.1, 0.15) is 11.6 Å². The molecule has 2 N–H and O–H groups in total. The average Bonchev–Trinajstić information content (AvgIpc) is 3.28. The predicted octanol–water partition coefficient (Wildman–Crippen LogP) is 2.93. The lowest BCUT2D eigenvalue weighted by Gasteiger charge is -2.43. The molecule has 0 spiro atoms. The van der Waals surface area contributed by atoms with Gasteiger partial charge < -0.3 is 15.3 Å². The molecule has 1 saturated heterocycles. The summed E-state index contributed by atoms with van der Waals surface area (Å²) in [4.78, 5) is 14.3. The molecule has 7 nitrogen and oxygen atoms in total. The number of aliphatic hydroxyl groups excluding tert-OH is 1. The van der Waals surface area contributed by atoms with E-state index in [2.05, 4.69) is 16.5 Å². The zero-order valence-electron chi connectivity index (χ0n) is 15.7. The molecule has 1 unspecified atom stereocenters. The van der Waals surface area contributed by atoms with Gasteiger partial charge in [0.15, 0.2) is 0 Å². The first kappa shape index (κ1) is 17.8. The van der Waals surface area contributed by atoms with Crippen molar-refractivity contribution in [3.8, 4) is 6.07 Å². The second-order valence-electron chi connectivity index (χ2n) is 8.50. The Kier molecular flexibility index (Phi) is 3.71. The molecule has 0 radical (unpaired) electrons. The number of nitrogens with one attached hydrogen (secondary N) is 1. The van der Waals surface area contributed by atoms with Gasteiger partial charge in [-0.25, -0.2) is 4.79 Å². The van der Waals surface area contributed by atoms with Gasteiger partial charge >= 0.3 is 6.03 Å². The molecule has 28 heavy (non-hydrogen) atoms. The Morgan fingerprint density at radius 2 is 2.11 bits per heavy atom. The number of likely N-dealkylation sites (tertiary alicyclic amines) is 1. The highest BCUT2D eigenvalue weighted by Gasteiger charge is 2.51. The molecule has 8 heteroatoms. The number of hydrogen-bond acceptors (Lipinski definition) is 4. The molecule has 1 aliphatic carbocycles. The highest BCUT2D eigenvalue weighted by Crippen LogP contribution is 2.51. The maximum Gasteiger partial charge on any atom is 0.318 e. The first-order valence-electron chi connectivity index (χ1n) is 9.72. The van der Waals surface area contributed by atoms with Gasteiger partial charge in [0.2, 0.25) is 0 Å². The largest absolute Gasteiger partial charge is 0.386 e. The summed E-state index contributed by atoms with van der Waals surface area (Å²) in [7, 11) is 0. The molecule has 146 valence electrons. The van der Waals surface area contributed by atoms with Crippen molar-refractivity contribution in [2.24, 2.45) is 5.92 Å². The molecule has 1 aromatic carbocycles. The summed E-state index contributed by atoms with van der Waals surface area (Å²) >= 11 is 6.23. The number of nitriles is 1. The monoisotopic (exact) mass is 399 g/mol. The Morgan fingerprint density at radius 3 is 2.75 bits per heavy atom. The van der Waals surface area contributed by atoms with Crippen LogP contribution in [0.4, 0.5) is 4.79 Å². The fourth-order valence-electron chi connectivity index (χ4n) is 4.90. The van der Waals surface area contributed by atoms with Gasteiger partial charge in [-0.05, 0) is 50.7 Å². The number of nitrogens with zero attached hydrogens (tertiary/aromatic N) is 4. The van der Waals surface area contributed by atoms with Gasteiger partial charge in [-0.15, -0.1) is 0 Å². The molecule has 2 atom stereocenters. The molecule has 5 rings (SSSR count). The quantitative estimate of drug-likeness (QED) is 0.811. The number of carbonyl (C=O) groups is 1. The second-order valence-corrected chi connectivity index (χ2v) is 8.94. The Balaban J connectivity index is 1.35. The molecule has 2 aliphatic heterocycles. The number of rotatable bonds is 2. The summed E-state index contributed by atoms with van der Waals surface area (Å²) in [6, 6.07) is 5.74. The third-order valence-electron chi connectivity index (χ3n) is 6.88. The Morgan fingerprint density at radius 1 is 1.39 bits per heavy atom. The number of hydrogen-bond donors (Lipinski definition) is 2. The third-order valence-corrected chi connectivity index (χ3v) is 7.10. The topological polar surface area (TPSA) is 94.2 Å². The number of urea groups is 1. The molecular weight excluding hydrogens is 378 g/mol. The summed E-state index contributed by atoms with van der Waals surface area (Å²) in [6.07, 6.45) is 4.11. The lowest BCUT2D eigenvalue weighted by Crippen LogP contribution is -2.52. The van der Waals surface area contributed by atoms with Crippen LogP contribution in [0.3, 0.4) is 0 Å². The standard InChI is InChI=1S/C20H22ClN5O2/c1-19(17(27)15-9-14(21)8-12-10-23-26(19)16(12)15)13-2-6-25(7-3-13)18(28)24-20(11-22)4-5-20/h8-10,13,17,27H,2-7H2,1H3,(H,24,28)/t17-,19?/m1/s1. The highest BCUT2D eigenvalue weighted by molar-refractivity contribution is 6.31. The maximum atomic E-state index is 12.5. The minimum Gasteiger partial charge on any atom is -0.386 e. The van der Waals surface area contributed by atoms with Crippen LogP contribution in [0.25, 0.3) is 10.9 Å². The van der Waals surface area contributed by atoms with Gasteiger partial charge in [-0.1, -0.05) is 11.6 Å². The molecule has 2 amide bonds. The van der Waals surface area contributed by atoms with Gasteiger partial charge in [0.05, 0.1) is 23.3 Å². The third kappa shape index (κ3) is 2.38. The first-order chi connectivity index (χ1) is 13.4. The molecule has 0 bridgehead atoms. The zero-order valence-corrected chi connectivity index (χ0v) is 16.4. The fraction of sp³-hybridized carbons (Fsp3) is 0.550. The van der Waals surface area contributed by atoms with Crippen molar-refractivity contribution in [3.05, 3.63) is 28.9 Å². The summed E-state index contributed by atoms with van der Waals surface area (Å²) < 4.78 is 1.95. The van der Waals surface area contributed by atoms with Gasteiger partial charge in [-0.3, -0.25) is 4.68 Å². The zero-order chi connectivity index (χ0) is 19.7. The fourth-order valence-corrected chi connectivity index (χ4v) is 5.14. The van der Waals surface area contributed by atoms with Crippen LogP contribution in [0.2, 0.25) is 5.02 Å². The SMILES string of the molecule is CC1(C2CCN(C(=O)NC3(C#N)CC3)CC2)[C@H](O)c2cc(Cl)cc3cnn1c23. The number of carbonyl (C=O) groups excluding carboxylic acids is 1. The van der Waals surface area contributed by atoms with Crippen molar-refractivity contribution < 1.29 is 9.90 Å². The summed E-state index contributed by atoms with van der Waals surface area (Å²) in [5, 5.41) is 29.3. The lowest BCUT2D eigenvalue weighted by atomic mass is 9.75. The molecule has 2 fully saturated rings. The summed E-state index contributed by atoms with van der Waals surface area (Å²) in [5.74, 6) is 0.173. The minimum atomic E-state index is -0.684. The van der Waals surface area contributed by atoms with E-state index in [9.17, 15) is 15.2 Å². The van der Waals surface area contributed by atoms with Crippen molar-refractivity contribution in [2.45, 2.75) is 49.8 Å². The Bertz CT molecular complexity index is 1020. The summed E-state index contributed by atoms with van der Waals surface area (Å²) in [5.41, 5.74) is 0.557. The Hall–Kier alpha value is -2.30. The van der Waals surface area contributed by atoms with E-state index in [1.807, 2.05) is 23.7 Å². The van der Waals surface area contributed by atoms with E-state index < -0.39 is 17.2 Å². The number of piperidine rings is 1. The number of halogens is 1. The smallest absolute Gasteiger partial charge is 0.318 e. The van der Waals surface area contributed by atoms with E-state index in [0.717, 1.165) is 42.1 Å². The van der Waals surface area contributed by atoms with Crippen molar-refractivity contribution >= 4 is 28.5 Å². The van der Waals surface area contributed by atoms with E-state index in [1.54, 1.807) is 11.1 Å². The van der Waals surface area contributed by atoms with Crippen LogP contribution in [0, 0.1) is 17.2 Å². The normalized spacial score (nSPS) is 28.4. The van der Waals surface area contributed by atoms with Gasteiger partial charge in [0.25, 0.3) is 0 Å². The van der Waals surface area contributed by atoms with Crippen LogP contribution in [0.1, 0.15) is 44.3 Å². The van der Waals surface area contributed by atoms with E-state index in [1.165, 1.54) is 0 Å². The van der Waals surface area contributed by atoms with E-state index in [4.69, 9.17) is 11.6 Å². The van der Waals surface area contributed by atoms with Crippen LogP contribution in [-0.2, 0) is 5.54 Å².